The molecule has 0 aromatic heterocycles. The third-order valence-electron chi connectivity index (χ3n) is 4.41. The number of para-hydroxylation sites is 2. The summed E-state index contributed by atoms with van der Waals surface area (Å²) in [5.74, 6) is -0.0321. The summed E-state index contributed by atoms with van der Waals surface area (Å²) in [6, 6.07) is 14.9. The number of rotatable bonds is 7. The van der Waals surface area contributed by atoms with E-state index in [0.29, 0.717) is 24.6 Å². The van der Waals surface area contributed by atoms with Crippen LogP contribution in [-0.2, 0) is 9.59 Å². The number of anilines is 2. The summed E-state index contributed by atoms with van der Waals surface area (Å²) in [5.41, 5.74) is 1.17. The van der Waals surface area contributed by atoms with Gasteiger partial charge in [0, 0.05) is 12.2 Å². The lowest BCUT2D eigenvalue weighted by Gasteiger charge is -2.30. The summed E-state index contributed by atoms with van der Waals surface area (Å²) in [6.45, 7) is 10.0. The first kappa shape index (κ1) is 20.5. The third kappa shape index (κ3) is 4.67. The molecule has 0 aliphatic carbocycles. The highest BCUT2D eigenvalue weighted by Gasteiger charge is 2.39. The molecule has 0 unspecified atom stereocenters. The zero-order valence-corrected chi connectivity index (χ0v) is 16.7. The predicted octanol–water partition coefficient (Wildman–Crippen LogP) is 4.41. The number of nitrogens with zero attached hydrogens (tertiary/aromatic N) is 1. The number of carbonyl (C=O) groups is 2. The molecule has 5 heteroatoms. The van der Waals surface area contributed by atoms with Crippen molar-refractivity contribution in [3.05, 3.63) is 54.1 Å². The van der Waals surface area contributed by atoms with Crippen LogP contribution in [0.2, 0.25) is 0 Å². The maximum absolute atomic E-state index is 13.2. The van der Waals surface area contributed by atoms with Gasteiger partial charge >= 0.3 is 0 Å². The lowest BCUT2D eigenvalue weighted by atomic mass is 9.89. The van der Waals surface area contributed by atoms with Gasteiger partial charge in [0.15, 0.2) is 0 Å². The average Bonchev–Trinajstić information content (AvgIpc) is 2.64. The van der Waals surface area contributed by atoms with Gasteiger partial charge in [0.1, 0.15) is 11.2 Å². The van der Waals surface area contributed by atoms with E-state index in [1.165, 1.54) is 0 Å². The Morgan fingerprint density at radius 1 is 1.07 bits per heavy atom. The summed E-state index contributed by atoms with van der Waals surface area (Å²) in [4.78, 5) is 27.8. The number of benzene rings is 2. The Morgan fingerprint density at radius 2 is 1.78 bits per heavy atom. The van der Waals surface area contributed by atoms with E-state index >= 15 is 0 Å². The Hall–Kier alpha value is -2.82. The molecule has 0 heterocycles. The van der Waals surface area contributed by atoms with Crippen LogP contribution in [0.4, 0.5) is 11.4 Å². The van der Waals surface area contributed by atoms with Gasteiger partial charge in [-0.3, -0.25) is 9.59 Å². The highest BCUT2D eigenvalue weighted by Crippen LogP contribution is 2.29. The second-order valence-electron chi connectivity index (χ2n) is 6.90. The molecule has 1 N–H and O–H groups in total. The third-order valence-corrected chi connectivity index (χ3v) is 4.41. The fourth-order valence-corrected chi connectivity index (χ4v) is 2.80. The van der Waals surface area contributed by atoms with Gasteiger partial charge in [-0.05, 0) is 64.4 Å². The average molecular weight is 368 g/mol. The van der Waals surface area contributed by atoms with Crippen LogP contribution in [0.25, 0.3) is 0 Å². The van der Waals surface area contributed by atoms with Gasteiger partial charge in [-0.25, -0.2) is 0 Å². The molecular weight excluding hydrogens is 340 g/mol. The normalized spacial score (nSPS) is 11.0. The molecule has 0 atom stereocenters. The van der Waals surface area contributed by atoms with Gasteiger partial charge in [0.2, 0.25) is 11.8 Å². The second-order valence-corrected chi connectivity index (χ2v) is 6.90. The van der Waals surface area contributed by atoms with E-state index in [1.807, 2.05) is 57.2 Å². The Bertz CT molecular complexity index is 815. The summed E-state index contributed by atoms with van der Waals surface area (Å²) in [6.07, 6.45) is 0. The highest BCUT2D eigenvalue weighted by atomic mass is 16.5. The summed E-state index contributed by atoms with van der Waals surface area (Å²) >= 11 is 0. The zero-order valence-electron chi connectivity index (χ0n) is 16.7. The molecule has 5 nitrogen and oxygen atoms in total. The number of hydrogen-bond donors (Lipinski definition) is 1. The van der Waals surface area contributed by atoms with Gasteiger partial charge in [-0.1, -0.05) is 24.3 Å². The van der Waals surface area contributed by atoms with Gasteiger partial charge < -0.3 is 15.0 Å². The van der Waals surface area contributed by atoms with Crippen molar-refractivity contribution in [1.82, 2.24) is 0 Å². The van der Waals surface area contributed by atoms with Crippen molar-refractivity contribution in [3.63, 3.8) is 0 Å². The second kappa shape index (κ2) is 8.71. The van der Waals surface area contributed by atoms with Crippen LogP contribution >= 0.6 is 0 Å². The fraction of sp³-hybridized carbons (Fsp3) is 0.364. The highest BCUT2D eigenvalue weighted by molar-refractivity contribution is 6.15. The van der Waals surface area contributed by atoms with E-state index < -0.39 is 5.41 Å². The largest absolute Gasteiger partial charge is 0.492 e. The molecule has 2 amide bonds. The first-order valence-corrected chi connectivity index (χ1v) is 9.23. The van der Waals surface area contributed by atoms with Gasteiger partial charge in [0.05, 0.1) is 12.3 Å². The van der Waals surface area contributed by atoms with Crippen LogP contribution in [0.5, 0.6) is 5.75 Å². The van der Waals surface area contributed by atoms with E-state index in [2.05, 4.69) is 5.32 Å². The van der Waals surface area contributed by atoms with Crippen LogP contribution in [0, 0.1) is 12.3 Å². The molecule has 0 radical (unpaired) electrons. The van der Waals surface area contributed by atoms with Crippen molar-refractivity contribution < 1.29 is 14.3 Å². The maximum atomic E-state index is 13.2. The minimum atomic E-state index is -1.24. The van der Waals surface area contributed by atoms with Gasteiger partial charge in [-0.2, -0.15) is 0 Å². The first-order valence-electron chi connectivity index (χ1n) is 9.23. The zero-order chi connectivity index (χ0) is 20.0. The number of carbonyl (C=O) groups excluding carboxylic acids is 2. The van der Waals surface area contributed by atoms with Crippen molar-refractivity contribution in [2.24, 2.45) is 5.41 Å². The number of nitrogens with one attached hydrogen (secondary N) is 1. The molecule has 0 spiro atoms. The monoisotopic (exact) mass is 368 g/mol. The van der Waals surface area contributed by atoms with Crippen molar-refractivity contribution in [1.29, 1.82) is 0 Å². The smallest absolute Gasteiger partial charge is 0.242 e. The number of aryl methyl sites for hydroxylation is 1. The Labute approximate surface area is 161 Å². The minimum Gasteiger partial charge on any atom is -0.492 e. The Morgan fingerprint density at radius 3 is 2.41 bits per heavy atom. The SMILES string of the molecule is CCOc1ccccc1NC(=O)C(C)(C)C(=O)N(CC)c1cccc(C)c1. The molecular formula is C22H28N2O3. The number of hydrogen-bond acceptors (Lipinski definition) is 3. The van der Waals surface area contributed by atoms with Crippen molar-refractivity contribution in [2.45, 2.75) is 34.6 Å². The molecule has 2 aromatic carbocycles. The van der Waals surface area contributed by atoms with E-state index in [9.17, 15) is 9.59 Å². The Balaban J connectivity index is 2.25. The van der Waals surface area contributed by atoms with Crippen LogP contribution in [0.1, 0.15) is 33.3 Å². The molecule has 2 rings (SSSR count). The first-order chi connectivity index (χ1) is 12.8. The standard InChI is InChI=1S/C22H28N2O3/c1-6-24(17-12-10-11-16(3)15-17)21(26)22(4,5)20(25)23-18-13-8-9-14-19(18)27-7-2/h8-15H,6-7H2,1-5H3,(H,23,25). The van der Waals surface area contributed by atoms with Crippen LogP contribution in [-0.4, -0.2) is 25.0 Å². The fourth-order valence-electron chi connectivity index (χ4n) is 2.80. The van der Waals surface area contributed by atoms with Crippen LogP contribution in [0.15, 0.2) is 48.5 Å². The molecule has 144 valence electrons. The molecule has 0 saturated carbocycles. The predicted molar refractivity (Wildman–Crippen MR) is 109 cm³/mol. The van der Waals surface area contributed by atoms with Gasteiger partial charge in [-0.15, -0.1) is 0 Å². The van der Waals surface area contributed by atoms with E-state index in [0.717, 1.165) is 11.3 Å². The Kier molecular flexibility index (Phi) is 6.61. The quantitative estimate of drug-likeness (QED) is 0.737. The van der Waals surface area contributed by atoms with E-state index in [1.54, 1.807) is 30.9 Å². The lowest BCUT2D eigenvalue weighted by molar-refractivity contribution is -0.136. The van der Waals surface area contributed by atoms with Crippen molar-refractivity contribution in [3.8, 4) is 5.75 Å². The molecule has 27 heavy (non-hydrogen) atoms. The summed E-state index contributed by atoms with van der Waals surface area (Å²) in [5, 5.41) is 2.85. The van der Waals surface area contributed by atoms with E-state index in [4.69, 9.17) is 4.74 Å². The number of amides is 2. The van der Waals surface area contributed by atoms with E-state index in [-0.39, 0.29) is 11.8 Å². The minimum absolute atomic E-state index is 0.248. The summed E-state index contributed by atoms with van der Waals surface area (Å²) < 4.78 is 5.55. The molecule has 0 bridgehead atoms. The van der Waals surface area contributed by atoms with Crippen LogP contribution < -0.4 is 15.0 Å². The van der Waals surface area contributed by atoms with Crippen molar-refractivity contribution >= 4 is 23.2 Å². The van der Waals surface area contributed by atoms with Gasteiger partial charge in [0.25, 0.3) is 0 Å². The van der Waals surface area contributed by atoms with Crippen LogP contribution in [0.3, 0.4) is 0 Å². The molecule has 0 saturated heterocycles. The molecule has 2 aromatic rings. The number of ether oxygens (including phenoxy) is 1. The molecule has 0 aliphatic heterocycles. The summed E-state index contributed by atoms with van der Waals surface area (Å²) in [7, 11) is 0. The molecule has 0 aliphatic rings. The topological polar surface area (TPSA) is 58.6 Å². The molecule has 0 fully saturated rings. The lowest BCUT2D eigenvalue weighted by Crippen LogP contribution is -2.47. The maximum Gasteiger partial charge on any atom is 0.242 e. The van der Waals surface area contributed by atoms with Crippen molar-refractivity contribution in [2.75, 3.05) is 23.4 Å².